The van der Waals surface area contributed by atoms with Gasteiger partial charge in [0.1, 0.15) is 22.8 Å². The molecule has 2 amide bonds. The molecular weight excluding hydrogens is 1170 g/mol. The molecule has 0 radical (unpaired) electrons. The predicted molar refractivity (Wildman–Crippen MR) is 335 cm³/mol. The third-order valence-corrected chi connectivity index (χ3v) is 26.0. The number of hydrogen-bond acceptors (Lipinski definition) is 16. The summed E-state index contributed by atoms with van der Waals surface area (Å²) in [5.41, 5.74) is 2.03. The lowest BCUT2D eigenvalue weighted by molar-refractivity contribution is -0.128. The van der Waals surface area contributed by atoms with E-state index in [0.717, 1.165) is 83.7 Å². The highest BCUT2D eigenvalue weighted by molar-refractivity contribution is 8.13. The Bertz CT molecular complexity index is 2650. The van der Waals surface area contributed by atoms with Crippen molar-refractivity contribution in [2.24, 2.45) is 56.0 Å². The number of nitrogens with zero attached hydrogens (tertiary/aromatic N) is 3. The predicted octanol–water partition coefficient (Wildman–Crippen LogP) is 8.19. The van der Waals surface area contributed by atoms with Crippen molar-refractivity contribution in [1.82, 2.24) is 29.5 Å². The minimum absolute atomic E-state index is 0.0669. The quantitative estimate of drug-likeness (QED) is 0.0911. The molecule has 4 unspecified atom stereocenters. The van der Waals surface area contributed by atoms with Crippen LogP contribution in [0.25, 0.3) is 0 Å². The Hall–Kier alpha value is -2.22. The van der Waals surface area contributed by atoms with Crippen molar-refractivity contribution >= 4 is 63.5 Å². The van der Waals surface area contributed by atoms with Gasteiger partial charge in [-0.2, -0.15) is 0 Å². The molecule has 0 spiro atoms. The number of amides is 2. The van der Waals surface area contributed by atoms with Gasteiger partial charge in [-0.05, 0) is 185 Å². The zero-order chi connectivity index (χ0) is 64.2. The van der Waals surface area contributed by atoms with E-state index in [1.165, 1.54) is 19.6 Å². The molecule has 9 fully saturated rings. The molecule has 6 aliphatic carbocycles. The summed E-state index contributed by atoms with van der Waals surface area (Å²) in [6.45, 7) is 37.0. The Morgan fingerprint density at radius 2 is 1.09 bits per heavy atom. The van der Waals surface area contributed by atoms with Gasteiger partial charge in [0.05, 0.1) is 23.4 Å². The average Bonchev–Trinajstić information content (AvgIpc) is 1.73. The maximum atomic E-state index is 12.9. The average molecular weight is 1280 g/mol. The standard InChI is InChI=1S/C20H34N2O5S.C15H28N2O3S.C10H15ClO3S.C10H20N2O2.C6H15N/c1-18(2,3)27-17(24)22-10-6-7-15(22)12-21-28(25,26)13-20-9-8-14(11-16(20)23)19(20,4)5;1-14(2)11-5-6-15(14,13(18)8-11)10-21(19,20)17-9-12-4-3-7-16-12;1-9(2)7-3-4-10(9,8(12)5-7)6-15(11,13)14;1-10(2,3)14-9(13)12-6-4-5-8(12)7-11;1-4-7(5-2)6-3/h14-15,21H,6-13H2,1-5H3;11-13,16-18H,3-10H2,1-2H3;7H,3-6H2,1-2H3;8H,4-7,11H2,1-3H3;4-6H2,1-3H3/t14?,15-,20+;11?,12-,13?,15+;7?,10-;8-;/m0010./s1. The molecule has 494 valence electrons. The molecule has 6 N–H and O–H groups in total. The Labute approximate surface area is 516 Å². The van der Waals surface area contributed by atoms with E-state index < -0.39 is 68.7 Å². The maximum Gasteiger partial charge on any atom is 0.410 e. The monoisotopic (exact) mass is 1280 g/mol. The molecule has 20 nitrogen and oxygen atoms in total. The molecule has 85 heavy (non-hydrogen) atoms. The van der Waals surface area contributed by atoms with Crippen LogP contribution in [0, 0.1) is 50.2 Å². The van der Waals surface area contributed by atoms with Gasteiger partial charge in [0, 0.05) is 90.6 Å². The summed E-state index contributed by atoms with van der Waals surface area (Å²) in [6, 6.07) is 0.214. The van der Waals surface area contributed by atoms with Gasteiger partial charge in [-0.15, -0.1) is 0 Å². The fourth-order valence-electron chi connectivity index (χ4n) is 16.0. The first-order valence-corrected chi connectivity index (χ1v) is 37.6. The van der Waals surface area contributed by atoms with Crippen LogP contribution in [0.15, 0.2) is 0 Å². The summed E-state index contributed by atoms with van der Waals surface area (Å²) in [6.07, 6.45) is 11.5. The zero-order valence-electron chi connectivity index (χ0n) is 54.5. The maximum absolute atomic E-state index is 12.9. The van der Waals surface area contributed by atoms with Crippen LogP contribution in [-0.2, 0) is 48.2 Å². The number of nitrogens with two attached hydrogens (primary N) is 1. The lowest BCUT2D eigenvalue weighted by Crippen LogP contribution is -2.49. The number of sulfonamides is 2. The minimum Gasteiger partial charge on any atom is -0.444 e. The minimum atomic E-state index is -3.63. The molecular formula is C61H112ClN7O13S3. The van der Waals surface area contributed by atoms with Gasteiger partial charge < -0.3 is 40.3 Å². The van der Waals surface area contributed by atoms with E-state index in [-0.39, 0.29) is 81.8 Å². The normalized spacial score (nSPS) is 32.3. The number of nitrogens with one attached hydrogen (secondary N) is 3. The fourth-order valence-corrected chi connectivity index (χ4v) is 21.6. The van der Waals surface area contributed by atoms with Crippen LogP contribution in [0.2, 0.25) is 0 Å². The number of ether oxygens (including phenoxy) is 2. The Balaban J connectivity index is 0.000000206. The van der Waals surface area contributed by atoms with Crippen molar-refractivity contribution in [3.05, 3.63) is 0 Å². The van der Waals surface area contributed by atoms with Gasteiger partial charge in [0.25, 0.3) is 0 Å². The highest BCUT2D eigenvalue weighted by atomic mass is 35.7. The van der Waals surface area contributed by atoms with Crippen LogP contribution >= 0.6 is 10.7 Å². The topological polar surface area (TPSA) is 281 Å². The number of hydrogen-bond donors (Lipinski definition) is 5. The lowest BCUT2D eigenvalue weighted by Gasteiger charge is -2.40. The summed E-state index contributed by atoms with van der Waals surface area (Å²) in [4.78, 5) is 54.3. The van der Waals surface area contributed by atoms with Crippen molar-refractivity contribution in [2.45, 2.75) is 236 Å². The van der Waals surface area contributed by atoms with Crippen LogP contribution in [0.4, 0.5) is 9.59 Å². The second-order valence-electron chi connectivity index (χ2n) is 29.7. The molecule has 3 saturated heterocycles. The van der Waals surface area contributed by atoms with Gasteiger partial charge in [-0.1, -0.05) is 62.3 Å². The first-order valence-electron chi connectivity index (χ1n) is 31.8. The Kier molecular flexibility index (Phi) is 24.3. The molecule has 9 rings (SSSR count). The van der Waals surface area contributed by atoms with Crippen molar-refractivity contribution in [1.29, 1.82) is 0 Å². The SMILES string of the molecule is CC(C)(C)OC(=O)N1CCC[C@H]1CN.CC(C)(C)OC(=O)N1CCC[C@H]1CNS(=O)(=O)C[C@]12CCC(CC1=O)C2(C)C.CC1(C)C2CC[C@@]1(CS(=O)(=O)Cl)C(=O)C2.CC1(C)C2CC[C@@]1(CS(=O)(=O)NC[C@@H]1CCCN1)C(O)C2.CCN(CC)CC. The molecule has 3 heterocycles. The van der Waals surface area contributed by atoms with Gasteiger partial charge in [-0.25, -0.2) is 44.3 Å². The number of ketones is 2. The number of carbonyl (C=O) groups is 4. The summed E-state index contributed by atoms with van der Waals surface area (Å²) in [7, 11) is -5.28. The molecule has 10 atom stereocenters. The van der Waals surface area contributed by atoms with Gasteiger partial charge in [0.2, 0.25) is 29.1 Å². The summed E-state index contributed by atoms with van der Waals surface area (Å²) < 4.78 is 89.4. The number of aliphatic hydroxyl groups excluding tert-OH is 1. The van der Waals surface area contributed by atoms with Crippen molar-refractivity contribution < 1.29 is 59.0 Å². The molecule has 0 aromatic heterocycles. The summed E-state index contributed by atoms with van der Waals surface area (Å²) in [5, 5.41) is 13.7. The molecule has 6 saturated carbocycles. The van der Waals surface area contributed by atoms with Crippen LogP contribution in [0.5, 0.6) is 0 Å². The van der Waals surface area contributed by atoms with Crippen molar-refractivity contribution in [3.8, 4) is 0 Å². The van der Waals surface area contributed by atoms with E-state index in [4.69, 9.17) is 25.9 Å². The number of halogens is 1. The third-order valence-electron chi connectivity index (χ3n) is 21.8. The third kappa shape index (κ3) is 17.2. The van der Waals surface area contributed by atoms with E-state index in [1.54, 1.807) is 9.80 Å². The van der Waals surface area contributed by atoms with Crippen LogP contribution in [-0.4, -0.2) is 180 Å². The second-order valence-corrected chi connectivity index (χ2v) is 36.1. The fraction of sp³-hybridized carbons (Fsp3) is 0.934. The highest BCUT2D eigenvalue weighted by Gasteiger charge is 2.67. The number of fused-ring (bicyclic) bond motifs is 6. The van der Waals surface area contributed by atoms with Crippen LogP contribution in [0.3, 0.4) is 0 Å². The largest absolute Gasteiger partial charge is 0.444 e. The lowest BCUT2D eigenvalue weighted by atomic mass is 9.70. The molecule has 3 aliphatic heterocycles. The molecule has 6 bridgehead atoms. The van der Waals surface area contributed by atoms with Crippen molar-refractivity contribution in [2.75, 3.05) is 76.2 Å². The molecule has 0 aromatic carbocycles. The first-order chi connectivity index (χ1) is 39.0. The molecule has 24 heteroatoms. The number of rotatable bonds is 16. The van der Waals surface area contributed by atoms with E-state index >= 15 is 0 Å². The van der Waals surface area contributed by atoms with E-state index in [2.05, 4.69) is 54.3 Å². The molecule has 0 aromatic rings. The van der Waals surface area contributed by atoms with Crippen LogP contribution in [0.1, 0.15) is 200 Å². The van der Waals surface area contributed by atoms with Crippen molar-refractivity contribution in [3.63, 3.8) is 0 Å². The van der Waals surface area contributed by atoms with Gasteiger partial charge >= 0.3 is 12.2 Å². The first kappa shape index (κ1) is 73.5. The summed E-state index contributed by atoms with van der Waals surface area (Å²) >= 11 is 0. The number of likely N-dealkylation sites (tertiary alicyclic amines) is 2. The number of Topliss-reactive ketones (excluding diaryl/α,β-unsaturated/α-hetero) is 2. The summed E-state index contributed by atoms with van der Waals surface area (Å²) in [5.74, 6) is 0.988. The van der Waals surface area contributed by atoms with Crippen LogP contribution < -0.4 is 20.5 Å². The van der Waals surface area contributed by atoms with Gasteiger partial charge in [0.15, 0.2) is 0 Å². The number of carbonyl (C=O) groups excluding carboxylic acids is 4. The van der Waals surface area contributed by atoms with Gasteiger partial charge in [-0.3, -0.25) is 9.59 Å². The zero-order valence-corrected chi connectivity index (χ0v) is 57.7. The van der Waals surface area contributed by atoms with E-state index in [0.29, 0.717) is 57.2 Å². The number of aliphatic hydroxyl groups is 1. The van der Waals surface area contributed by atoms with E-state index in [1.807, 2.05) is 69.2 Å². The second kappa shape index (κ2) is 28.1. The Morgan fingerprint density at radius 1 is 0.647 bits per heavy atom. The molecule has 9 aliphatic rings. The Morgan fingerprint density at radius 3 is 1.46 bits per heavy atom. The smallest absolute Gasteiger partial charge is 0.410 e. The highest BCUT2D eigenvalue weighted by Crippen LogP contribution is 2.67. The van der Waals surface area contributed by atoms with E-state index in [9.17, 15) is 49.5 Å².